The Hall–Kier alpha value is -2.43. The predicted octanol–water partition coefficient (Wildman–Crippen LogP) is 4.81. The van der Waals surface area contributed by atoms with Crippen LogP contribution in [0.1, 0.15) is 6.42 Å². The standard InChI is InChI=1S/C15H11F19N2O3/c16-7(17,6(39)36-3-1-2-35-4-5(37)38)8(18,19)9(20,21)10(22,23)11(24,25)12(26,27)13(28,29)14(30,31)15(32,33)34/h35H,1-4H2,(H,36,39)(H,37,38). The van der Waals surface area contributed by atoms with E-state index in [1.807, 2.05) is 5.32 Å². The normalized spacial score (nSPS) is 15.4. The Balaban J connectivity index is 6.35. The molecular formula is C15H11F19N2O3. The number of halogens is 19. The number of carbonyl (C=O) groups is 2. The molecule has 0 spiro atoms. The maximum Gasteiger partial charge on any atom is 0.460 e. The van der Waals surface area contributed by atoms with Crippen LogP contribution in [0.15, 0.2) is 0 Å². The summed E-state index contributed by atoms with van der Waals surface area (Å²) in [5.41, 5.74) is 0. The lowest BCUT2D eigenvalue weighted by molar-refractivity contribution is -0.467. The smallest absolute Gasteiger partial charge is 0.460 e. The van der Waals surface area contributed by atoms with Crippen molar-refractivity contribution in [1.82, 2.24) is 10.6 Å². The molecule has 3 N–H and O–H groups in total. The summed E-state index contributed by atoms with van der Waals surface area (Å²) in [5.74, 6) is -73.7. The fourth-order valence-corrected chi connectivity index (χ4v) is 2.23. The molecular weight excluding hydrogens is 617 g/mol. The van der Waals surface area contributed by atoms with E-state index in [9.17, 15) is 93.0 Å². The fraction of sp³-hybridized carbons (Fsp3) is 0.867. The Morgan fingerprint density at radius 3 is 1.18 bits per heavy atom. The number of rotatable bonds is 14. The third-order valence-electron chi connectivity index (χ3n) is 4.49. The number of hydrogen-bond donors (Lipinski definition) is 3. The third-order valence-corrected chi connectivity index (χ3v) is 4.49. The van der Waals surface area contributed by atoms with Gasteiger partial charge in [-0.2, -0.15) is 83.4 Å². The minimum atomic E-state index is -9.06. The van der Waals surface area contributed by atoms with Gasteiger partial charge in [-0.05, 0) is 13.0 Å². The Bertz CT molecular complexity index is 899. The lowest BCUT2D eigenvalue weighted by atomic mass is 9.87. The molecule has 0 aliphatic heterocycles. The number of aliphatic carboxylic acids is 1. The van der Waals surface area contributed by atoms with Crippen LogP contribution in [-0.2, 0) is 9.59 Å². The van der Waals surface area contributed by atoms with Crippen LogP contribution < -0.4 is 10.6 Å². The average molecular weight is 628 g/mol. The van der Waals surface area contributed by atoms with Crippen molar-refractivity contribution in [3.8, 4) is 0 Å². The summed E-state index contributed by atoms with van der Waals surface area (Å²) in [6, 6.07) is 0. The molecule has 0 aromatic carbocycles. The minimum absolute atomic E-state index is 0.541. The average Bonchev–Trinajstić information content (AvgIpc) is 2.73. The van der Waals surface area contributed by atoms with Crippen LogP contribution in [0.25, 0.3) is 0 Å². The topological polar surface area (TPSA) is 78.4 Å². The summed E-state index contributed by atoms with van der Waals surface area (Å²) < 4.78 is 250. The Kier molecular flexibility index (Phi) is 9.86. The maximum absolute atomic E-state index is 13.7. The van der Waals surface area contributed by atoms with Crippen LogP contribution in [0.2, 0.25) is 0 Å². The van der Waals surface area contributed by atoms with Crippen LogP contribution >= 0.6 is 0 Å². The van der Waals surface area contributed by atoms with Gasteiger partial charge >= 0.3 is 59.5 Å². The van der Waals surface area contributed by atoms with Gasteiger partial charge in [0.1, 0.15) is 0 Å². The van der Waals surface area contributed by atoms with Crippen molar-refractivity contribution in [1.29, 1.82) is 0 Å². The van der Waals surface area contributed by atoms with Gasteiger partial charge in [0.2, 0.25) is 0 Å². The largest absolute Gasteiger partial charge is 0.480 e. The van der Waals surface area contributed by atoms with E-state index in [2.05, 4.69) is 0 Å². The van der Waals surface area contributed by atoms with Gasteiger partial charge in [-0.1, -0.05) is 0 Å². The second-order valence-corrected chi connectivity index (χ2v) is 7.27. The highest BCUT2D eigenvalue weighted by Crippen LogP contribution is 2.65. The van der Waals surface area contributed by atoms with E-state index < -0.39 is 91.5 Å². The number of hydrogen-bond acceptors (Lipinski definition) is 3. The van der Waals surface area contributed by atoms with Gasteiger partial charge < -0.3 is 15.7 Å². The second-order valence-electron chi connectivity index (χ2n) is 7.27. The highest BCUT2D eigenvalue weighted by molar-refractivity contribution is 5.84. The van der Waals surface area contributed by atoms with Gasteiger partial charge in [-0.3, -0.25) is 9.59 Å². The van der Waals surface area contributed by atoms with Gasteiger partial charge in [-0.15, -0.1) is 0 Å². The van der Waals surface area contributed by atoms with Crippen LogP contribution in [0.3, 0.4) is 0 Å². The van der Waals surface area contributed by atoms with Gasteiger partial charge in [0.25, 0.3) is 5.91 Å². The van der Waals surface area contributed by atoms with Crippen molar-refractivity contribution < 1.29 is 98.1 Å². The Labute approximate surface area is 201 Å². The third kappa shape index (κ3) is 5.60. The van der Waals surface area contributed by atoms with E-state index in [4.69, 9.17) is 5.11 Å². The van der Waals surface area contributed by atoms with Crippen molar-refractivity contribution in [3.63, 3.8) is 0 Å². The first kappa shape index (κ1) is 36.6. The van der Waals surface area contributed by atoms with Crippen LogP contribution in [0.5, 0.6) is 0 Å². The summed E-state index contributed by atoms with van der Waals surface area (Å²) in [4.78, 5) is 21.3. The van der Waals surface area contributed by atoms with Crippen molar-refractivity contribution in [2.24, 2.45) is 0 Å². The van der Waals surface area contributed by atoms with E-state index in [1.165, 1.54) is 0 Å². The lowest BCUT2D eigenvalue weighted by Crippen LogP contribution is -2.76. The SMILES string of the molecule is O=C(O)CNCCCNC(=O)C(F)(F)C(F)(F)C(F)(F)C(F)(F)C(F)(F)C(F)(F)C(F)(F)C(F)(F)C(F)(F)F. The monoisotopic (exact) mass is 628 g/mol. The van der Waals surface area contributed by atoms with Crippen molar-refractivity contribution in [2.45, 2.75) is 60.0 Å². The van der Waals surface area contributed by atoms with Crippen molar-refractivity contribution in [2.75, 3.05) is 19.6 Å². The molecule has 0 bridgehead atoms. The molecule has 0 fully saturated rings. The van der Waals surface area contributed by atoms with Crippen molar-refractivity contribution in [3.05, 3.63) is 0 Å². The summed E-state index contributed by atoms with van der Waals surface area (Å²) in [5, 5.41) is 10.9. The molecule has 0 heterocycles. The Morgan fingerprint density at radius 1 is 0.513 bits per heavy atom. The minimum Gasteiger partial charge on any atom is -0.480 e. The van der Waals surface area contributed by atoms with Crippen LogP contribution in [0, 0.1) is 0 Å². The van der Waals surface area contributed by atoms with E-state index in [1.54, 1.807) is 0 Å². The predicted molar refractivity (Wildman–Crippen MR) is 83.8 cm³/mol. The van der Waals surface area contributed by atoms with Gasteiger partial charge in [0, 0.05) is 6.54 Å². The van der Waals surface area contributed by atoms with Gasteiger partial charge in [0.05, 0.1) is 6.54 Å². The van der Waals surface area contributed by atoms with Crippen LogP contribution in [-0.4, -0.2) is 90.2 Å². The number of amides is 1. The highest BCUT2D eigenvalue weighted by Gasteiger charge is 2.97. The summed E-state index contributed by atoms with van der Waals surface area (Å²) >= 11 is 0. The zero-order valence-electron chi connectivity index (χ0n) is 17.8. The van der Waals surface area contributed by atoms with Crippen LogP contribution in [0.4, 0.5) is 83.4 Å². The molecule has 0 saturated heterocycles. The highest BCUT2D eigenvalue weighted by atomic mass is 19.4. The van der Waals surface area contributed by atoms with Gasteiger partial charge in [-0.25, -0.2) is 0 Å². The van der Waals surface area contributed by atoms with Gasteiger partial charge in [0.15, 0.2) is 0 Å². The molecule has 1 amide bonds. The number of carbonyl (C=O) groups excluding carboxylic acids is 1. The first-order valence-electron chi connectivity index (χ1n) is 9.14. The maximum atomic E-state index is 13.7. The number of carboxylic acid groups (broad SMARTS) is 1. The van der Waals surface area contributed by atoms with E-state index in [-0.39, 0.29) is 0 Å². The summed E-state index contributed by atoms with van der Waals surface area (Å²) in [6.07, 6.45) is -8.66. The molecule has 0 saturated carbocycles. The molecule has 39 heavy (non-hydrogen) atoms. The molecule has 0 atom stereocenters. The summed E-state index contributed by atoms with van der Waals surface area (Å²) in [6.45, 7) is -2.64. The number of carboxylic acids is 1. The van der Waals surface area contributed by atoms with E-state index in [0.29, 0.717) is 5.32 Å². The zero-order chi connectivity index (χ0) is 31.9. The molecule has 232 valence electrons. The molecule has 0 rings (SSSR count). The lowest BCUT2D eigenvalue weighted by Gasteiger charge is -2.43. The zero-order valence-corrected chi connectivity index (χ0v) is 17.8. The van der Waals surface area contributed by atoms with Crippen molar-refractivity contribution >= 4 is 11.9 Å². The Morgan fingerprint density at radius 2 is 0.846 bits per heavy atom. The number of alkyl halides is 19. The molecule has 0 aromatic heterocycles. The van der Waals surface area contributed by atoms with E-state index >= 15 is 0 Å². The number of nitrogens with one attached hydrogen (secondary N) is 2. The first-order valence-corrected chi connectivity index (χ1v) is 9.14. The quantitative estimate of drug-likeness (QED) is 0.191. The first-order chi connectivity index (χ1) is 16.8. The molecule has 0 aliphatic carbocycles. The van der Waals surface area contributed by atoms with E-state index in [0.717, 1.165) is 0 Å². The molecule has 0 unspecified atom stereocenters. The second kappa shape index (κ2) is 10.5. The molecule has 0 aromatic rings. The summed E-state index contributed by atoms with van der Waals surface area (Å²) in [7, 11) is 0. The molecule has 0 radical (unpaired) electrons. The fourth-order valence-electron chi connectivity index (χ4n) is 2.23. The molecule has 0 aliphatic rings. The molecule has 24 heteroatoms. The molecule has 5 nitrogen and oxygen atoms in total.